The van der Waals surface area contributed by atoms with Crippen molar-refractivity contribution in [1.82, 2.24) is 14.5 Å². The molecule has 0 unspecified atom stereocenters. The number of benzene rings is 2. The number of carbonyl (C=O) groups excluding carboxylic acids is 1. The van der Waals surface area contributed by atoms with Gasteiger partial charge < -0.3 is 15.0 Å². The molecule has 148 valence electrons. The average Bonchev–Trinajstić information content (AvgIpc) is 3.11. The molecule has 4 aromatic rings. The average molecular weight is 408 g/mol. The van der Waals surface area contributed by atoms with Gasteiger partial charge in [-0.2, -0.15) is 0 Å². The topological polar surface area (TPSA) is 89.0 Å². The quantitative estimate of drug-likeness (QED) is 0.362. The van der Waals surface area contributed by atoms with Gasteiger partial charge >= 0.3 is 0 Å². The highest BCUT2D eigenvalue weighted by atomic mass is 32.2. The number of aromatic amines is 1. The number of thioether (sulfide) groups is 1. The fourth-order valence-corrected chi connectivity index (χ4v) is 3.93. The summed E-state index contributed by atoms with van der Waals surface area (Å²) in [4.78, 5) is 33.3. The summed E-state index contributed by atoms with van der Waals surface area (Å²) in [6.45, 7) is 0.730. The zero-order chi connectivity index (χ0) is 20.2. The van der Waals surface area contributed by atoms with Crippen LogP contribution in [0.3, 0.4) is 0 Å². The van der Waals surface area contributed by atoms with Gasteiger partial charge in [-0.3, -0.25) is 14.2 Å². The van der Waals surface area contributed by atoms with Gasteiger partial charge in [-0.25, -0.2) is 4.98 Å². The molecule has 1 amide bonds. The van der Waals surface area contributed by atoms with Gasteiger partial charge in [0.15, 0.2) is 5.16 Å². The van der Waals surface area contributed by atoms with Gasteiger partial charge in [-0.1, -0.05) is 48.2 Å². The zero-order valence-electron chi connectivity index (χ0n) is 15.8. The Kier molecular flexibility index (Phi) is 5.64. The van der Waals surface area contributed by atoms with Crippen LogP contribution >= 0.6 is 11.8 Å². The molecule has 0 bridgehead atoms. The second-order valence-corrected chi connectivity index (χ2v) is 7.38. The van der Waals surface area contributed by atoms with E-state index in [1.54, 1.807) is 11.7 Å². The highest BCUT2D eigenvalue weighted by molar-refractivity contribution is 7.99. The molecule has 0 aliphatic carbocycles. The van der Waals surface area contributed by atoms with Crippen LogP contribution in [-0.4, -0.2) is 39.9 Å². The molecule has 2 aromatic carbocycles. The Morgan fingerprint density at radius 1 is 1.17 bits per heavy atom. The molecule has 0 aliphatic heterocycles. The highest BCUT2D eigenvalue weighted by Gasteiger charge is 2.16. The first-order valence-corrected chi connectivity index (χ1v) is 10.1. The van der Waals surface area contributed by atoms with Crippen LogP contribution in [0.25, 0.3) is 21.9 Å². The number of anilines is 1. The molecule has 29 heavy (non-hydrogen) atoms. The van der Waals surface area contributed by atoms with Gasteiger partial charge in [0, 0.05) is 23.7 Å². The minimum absolute atomic E-state index is 0.141. The lowest BCUT2D eigenvalue weighted by Crippen LogP contribution is -2.26. The van der Waals surface area contributed by atoms with Crippen LogP contribution in [0.1, 0.15) is 0 Å². The number of nitrogens with zero attached hydrogens (tertiary/aromatic N) is 2. The SMILES string of the molecule is COCCn1c(SCC(=O)Nc2ccccc2)nc2c([nH]c3ccccc32)c1=O. The molecule has 0 saturated heterocycles. The number of hydrogen-bond donors (Lipinski definition) is 2. The second-order valence-electron chi connectivity index (χ2n) is 6.44. The van der Waals surface area contributed by atoms with Crippen LogP contribution in [0.2, 0.25) is 0 Å². The van der Waals surface area contributed by atoms with Crippen molar-refractivity contribution < 1.29 is 9.53 Å². The number of nitrogens with one attached hydrogen (secondary N) is 2. The number of hydrogen-bond acceptors (Lipinski definition) is 5. The molecule has 0 aliphatic rings. The Morgan fingerprint density at radius 2 is 1.93 bits per heavy atom. The molecule has 4 rings (SSSR count). The lowest BCUT2D eigenvalue weighted by atomic mass is 10.2. The van der Waals surface area contributed by atoms with E-state index in [4.69, 9.17) is 9.72 Å². The predicted octanol–water partition coefficient (Wildman–Crippen LogP) is 3.26. The van der Waals surface area contributed by atoms with Crippen molar-refractivity contribution in [2.45, 2.75) is 11.7 Å². The van der Waals surface area contributed by atoms with E-state index in [0.717, 1.165) is 16.6 Å². The second kappa shape index (κ2) is 8.50. The Bertz CT molecular complexity index is 1220. The van der Waals surface area contributed by atoms with Crippen molar-refractivity contribution in [2.24, 2.45) is 0 Å². The van der Waals surface area contributed by atoms with E-state index in [1.807, 2.05) is 54.6 Å². The van der Waals surface area contributed by atoms with Gasteiger partial charge in [-0.05, 0) is 18.2 Å². The van der Waals surface area contributed by atoms with Crippen LogP contribution < -0.4 is 10.9 Å². The number of aromatic nitrogens is 3. The molecule has 0 atom stereocenters. The van der Waals surface area contributed by atoms with Crippen molar-refractivity contribution in [3.8, 4) is 0 Å². The number of carbonyl (C=O) groups is 1. The van der Waals surface area contributed by atoms with Gasteiger partial charge in [0.2, 0.25) is 5.91 Å². The van der Waals surface area contributed by atoms with Crippen LogP contribution in [-0.2, 0) is 16.1 Å². The summed E-state index contributed by atoms with van der Waals surface area (Å²) in [5.74, 6) is -0.0184. The summed E-state index contributed by atoms with van der Waals surface area (Å²) < 4.78 is 6.70. The molecule has 8 heteroatoms. The Balaban J connectivity index is 1.66. The summed E-state index contributed by atoms with van der Waals surface area (Å²) in [7, 11) is 1.58. The van der Waals surface area contributed by atoms with E-state index in [0.29, 0.717) is 29.3 Å². The van der Waals surface area contributed by atoms with Crippen LogP contribution in [0, 0.1) is 0 Å². The maximum atomic E-state index is 13.1. The number of ether oxygens (including phenoxy) is 1. The zero-order valence-corrected chi connectivity index (χ0v) is 16.7. The van der Waals surface area contributed by atoms with Gasteiger partial charge in [0.05, 0.1) is 18.9 Å². The van der Waals surface area contributed by atoms with Crippen LogP contribution in [0.15, 0.2) is 64.5 Å². The third-order valence-electron chi connectivity index (χ3n) is 4.48. The molecule has 7 nitrogen and oxygen atoms in total. The molecule has 0 radical (unpaired) electrons. The number of para-hydroxylation sites is 2. The third kappa shape index (κ3) is 4.03. The maximum absolute atomic E-state index is 13.1. The van der Waals surface area contributed by atoms with E-state index in [-0.39, 0.29) is 17.2 Å². The fourth-order valence-electron chi connectivity index (χ4n) is 3.11. The number of methoxy groups -OCH3 is 1. The standard InChI is InChI=1S/C21H20N4O3S/c1-28-12-11-25-20(27)19-18(15-9-5-6-10-16(15)23-19)24-21(25)29-13-17(26)22-14-7-3-2-4-8-14/h2-10,23H,11-13H2,1H3,(H,22,26). The first kappa shape index (κ1) is 19.2. The van der Waals surface area contributed by atoms with E-state index in [9.17, 15) is 9.59 Å². The molecule has 2 aromatic heterocycles. The molecule has 2 heterocycles. The van der Waals surface area contributed by atoms with Crippen LogP contribution in [0.4, 0.5) is 5.69 Å². The largest absolute Gasteiger partial charge is 0.383 e. The summed E-state index contributed by atoms with van der Waals surface area (Å²) in [6, 6.07) is 16.9. The van der Waals surface area contributed by atoms with E-state index >= 15 is 0 Å². The minimum atomic E-state index is -0.172. The maximum Gasteiger partial charge on any atom is 0.278 e. The van der Waals surface area contributed by atoms with E-state index in [1.165, 1.54) is 11.8 Å². The number of H-pyrrole nitrogens is 1. The Morgan fingerprint density at radius 3 is 2.72 bits per heavy atom. The summed E-state index contributed by atoms with van der Waals surface area (Å²) >= 11 is 1.24. The number of amides is 1. The van der Waals surface area contributed by atoms with Gasteiger partial charge in [0.25, 0.3) is 5.56 Å². The van der Waals surface area contributed by atoms with E-state index < -0.39 is 0 Å². The van der Waals surface area contributed by atoms with Crippen LogP contribution in [0.5, 0.6) is 0 Å². The fraction of sp³-hybridized carbons (Fsp3) is 0.190. The molecular formula is C21H20N4O3S. The first-order chi connectivity index (χ1) is 14.2. The molecule has 2 N–H and O–H groups in total. The lowest BCUT2D eigenvalue weighted by molar-refractivity contribution is -0.113. The first-order valence-electron chi connectivity index (χ1n) is 9.15. The summed E-state index contributed by atoms with van der Waals surface area (Å²) in [5.41, 5.74) is 2.49. The molecule has 0 fully saturated rings. The number of fused-ring (bicyclic) bond motifs is 3. The van der Waals surface area contributed by atoms with E-state index in [2.05, 4.69) is 10.3 Å². The van der Waals surface area contributed by atoms with Crippen molar-refractivity contribution in [3.63, 3.8) is 0 Å². The molecular weight excluding hydrogens is 388 g/mol. The minimum Gasteiger partial charge on any atom is -0.383 e. The molecule has 0 saturated carbocycles. The van der Waals surface area contributed by atoms with Crippen molar-refractivity contribution in [1.29, 1.82) is 0 Å². The van der Waals surface area contributed by atoms with Gasteiger partial charge in [-0.15, -0.1) is 0 Å². The van der Waals surface area contributed by atoms with Crippen molar-refractivity contribution >= 4 is 45.3 Å². The van der Waals surface area contributed by atoms with Gasteiger partial charge in [0.1, 0.15) is 11.0 Å². The normalized spacial score (nSPS) is 11.2. The van der Waals surface area contributed by atoms with Crippen molar-refractivity contribution in [2.75, 3.05) is 24.8 Å². The lowest BCUT2D eigenvalue weighted by Gasteiger charge is -2.11. The number of rotatable bonds is 7. The van der Waals surface area contributed by atoms with Crippen molar-refractivity contribution in [3.05, 3.63) is 65.0 Å². The Labute approximate surface area is 171 Å². The Hall–Kier alpha value is -3.10. The third-order valence-corrected chi connectivity index (χ3v) is 5.46. The monoisotopic (exact) mass is 408 g/mol. The highest BCUT2D eigenvalue weighted by Crippen LogP contribution is 2.24. The summed E-state index contributed by atoms with van der Waals surface area (Å²) in [6.07, 6.45) is 0. The smallest absolute Gasteiger partial charge is 0.278 e. The summed E-state index contributed by atoms with van der Waals surface area (Å²) in [5, 5.41) is 4.22. The molecule has 0 spiro atoms. The predicted molar refractivity (Wildman–Crippen MR) is 116 cm³/mol.